The molecule has 0 bridgehead atoms. The average molecular weight is 718 g/mol. The lowest BCUT2D eigenvalue weighted by Crippen LogP contribution is -2.44. The molecule has 4 aromatic rings. The van der Waals surface area contributed by atoms with E-state index in [1.807, 2.05) is 65.2 Å². The number of aromatic nitrogens is 2. The van der Waals surface area contributed by atoms with E-state index in [4.69, 9.17) is 14.5 Å². The molecule has 3 aromatic carbocycles. The molecule has 2 saturated heterocycles. The number of halogens is 3. The predicted molar refractivity (Wildman–Crippen MR) is 191 cm³/mol. The maximum atomic E-state index is 15.5. The van der Waals surface area contributed by atoms with Crippen molar-refractivity contribution in [3.05, 3.63) is 114 Å². The topological polar surface area (TPSA) is 88.9 Å². The van der Waals surface area contributed by atoms with Crippen LogP contribution in [0.3, 0.4) is 0 Å². The summed E-state index contributed by atoms with van der Waals surface area (Å²) in [5, 5.41) is 3.59. The Morgan fingerprint density at radius 1 is 0.904 bits per heavy atom. The van der Waals surface area contributed by atoms with Gasteiger partial charge in [-0.3, -0.25) is 0 Å². The van der Waals surface area contributed by atoms with E-state index in [2.05, 4.69) is 5.32 Å². The van der Waals surface area contributed by atoms with Crippen molar-refractivity contribution in [1.82, 2.24) is 24.7 Å². The molecule has 0 radical (unpaired) electrons. The van der Waals surface area contributed by atoms with Crippen LogP contribution in [-0.2, 0) is 22.6 Å². The first kappa shape index (κ1) is 36.9. The molecule has 0 aliphatic carbocycles. The molecule has 9 nitrogen and oxygen atoms in total. The Morgan fingerprint density at radius 3 is 2.25 bits per heavy atom. The lowest BCUT2D eigenvalue weighted by Gasteiger charge is -2.36. The number of hydrogen-bond donors (Lipinski definition) is 1. The molecular formula is C40H46F3N5O4. The molecule has 1 N–H and O–H groups in total. The van der Waals surface area contributed by atoms with Gasteiger partial charge < -0.3 is 29.2 Å². The molecule has 52 heavy (non-hydrogen) atoms. The number of benzene rings is 3. The van der Waals surface area contributed by atoms with Gasteiger partial charge in [0.15, 0.2) is 0 Å². The summed E-state index contributed by atoms with van der Waals surface area (Å²) in [5.74, 6) is -1.16. The fourth-order valence-corrected chi connectivity index (χ4v) is 6.88. The number of amides is 2. The van der Waals surface area contributed by atoms with E-state index in [-0.39, 0.29) is 43.4 Å². The fraction of sp³-hybridized carbons (Fsp3) is 0.425. The van der Waals surface area contributed by atoms with Gasteiger partial charge in [-0.05, 0) is 68.9 Å². The van der Waals surface area contributed by atoms with Gasteiger partial charge >= 0.3 is 12.2 Å². The largest absolute Gasteiger partial charge is 0.445 e. The molecule has 276 valence electrons. The molecule has 0 saturated carbocycles. The maximum Gasteiger partial charge on any atom is 0.410 e. The van der Waals surface area contributed by atoms with Gasteiger partial charge in [0.05, 0.1) is 18.3 Å². The van der Waals surface area contributed by atoms with Crippen molar-refractivity contribution >= 4 is 12.2 Å². The van der Waals surface area contributed by atoms with E-state index >= 15 is 8.78 Å². The summed E-state index contributed by atoms with van der Waals surface area (Å²) in [5.41, 5.74) is 1.48. The zero-order valence-electron chi connectivity index (χ0n) is 29.8. The molecule has 1 aromatic heterocycles. The highest BCUT2D eigenvalue weighted by molar-refractivity contribution is 5.69. The van der Waals surface area contributed by atoms with Crippen LogP contribution in [0.2, 0.25) is 0 Å². The molecule has 2 amide bonds. The van der Waals surface area contributed by atoms with E-state index in [1.165, 1.54) is 4.90 Å². The monoisotopic (exact) mass is 717 g/mol. The van der Waals surface area contributed by atoms with E-state index in [9.17, 15) is 14.0 Å². The summed E-state index contributed by atoms with van der Waals surface area (Å²) in [7, 11) is 0. The minimum Gasteiger partial charge on any atom is -0.445 e. The van der Waals surface area contributed by atoms with Crippen LogP contribution in [0.1, 0.15) is 56.6 Å². The number of likely N-dealkylation sites (tertiary alicyclic amines) is 2. The highest BCUT2D eigenvalue weighted by Crippen LogP contribution is 2.35. The number of nitrogens with one attached hydrogen (secondary N) is 1. The Balaban J connectivity index is 1.26. The van der Waals surface area contributed by atoms with Crippen LogP contribution in [0.5, 0.6) is 0 Å². The summed E-state index contributed by atoms with van der Waals surface area (Å²) < 4.78 is 58.0. The first-order valence-electron chi connectivity index (χ1n) is 17.8. The second-order valence-electron chi connectivity index (χ2n) is 14.6. The quantitative estimate of drug-likeness (QED) is 0.181. The van der Waals surface area contributed by atoms with Crippen LogP contribution in [0.4, 0.5) is 22.8 Å². The number of hydrogen-bond acceptors (Lipinski definition) is 6. The Labute approximate surface area is 302 Å². The summed E-state index contributed by atoms with van der Waals surface area (Å²) in [6.45, 7) is 7.10. The third-order valence-corrected chi connectivity index (χ3v) is 9.57. The molecule has 3 atom stereocenters. The van der Waals surface area contributed by atoms with Crippen LogP contribution in [0, 0.1) is 23.5 Å². The number of nitrogens with zero attached hydrogens (tertiary/aromatic N) is 4. The van der Waals surface area contributed by atoms with Crippen LogP contribution < -0.4 is 5.32 Å². The normalized spacial score (nSPS) is 18.7. The van der Waals surface area contributed by atoms with E-state index in [0.29, 0.717) is 38.3 Å². The van der Waals surface area contributed by atoms with E-state index in [1.54, 1.807) is 31.9 Å². The third-order valence-electron chi connectivity index (χ3n) is 9.57. The number of alkyl halides is 1. The van der Waals surface area contributed by atoms with Crippen molar-refractivity contribution in [2.75, 3.05) is 32.7 Å². The van der Waals surface area contributed by atoms with Crippen molar-refractivity contribution in [2.45, 2.75) is 64.6 Å². The lowest BCUT2D eigenvalue weighted by atomic mass is 9.88. The Hall–Kier alpha value is -4.84. The Bertz CT molecular complexity index is 1810. The molecule has 12 heteroatoms. The van der Waals surface area contributed by atoms with Crippen molar-refractivity contribution in [2.24, 2.45) is 11.8 Å². The molecule has 6 rings (SSSR count). The van der Waals surface area contributed by atoms with Gasteiger partial charge in [-0.1, -0.05) is 60.7 Å². The Kier molecular flexibility index (Phi) is 11.5. The molecule has 0 spiro atoms. The highest BCUT2D eigenvalue weighted by atomic mass is 19.1. The minimum atomic E-state index is -1.28. The number of carbonyl (C=O) groups is 2. The van der Waals surface area contributed by atoms with Gasteiger partial charge in [-0.25, -0.2) is 27.7 Å². The first-order valence-corrected chi connectivity index (χ1v) is 17.8. The van der Waals surface area contributed by atoms with Gasteiger partial charge in [0.1, 0.15) is 35.8 Å². The molecule has 0 unspecified atom stereocenters. The number of ether oxygens (including phenoxy) is 2. The zero-order valence-corrected chi connectivity index (χ0v) is 29.8. The molecule has 2 aliphatic heterocycles. The highest BCUT2D eigenvalue weighted by Gasteiger charge is 2.39. The van der Waals surface area contributed by atoms with Gasteiger partial charge in [-0.2, -0.15) is 0 Å². The van der Waals surface area contributed by atoms with Crippen LogP contribution in [0.15, 0.2) is 85.1 Å². The summed E-state index contributed by atoms with van der Waals surface area (Å²) >= 11 is 0. The van der Waals surface area contributed by atoms with Crippen molar-refractivity contribution in [1.29, 1.82) is 0 Å². The standard InChI is InChI=1S/C40H46F3N5O4/c1-40(2,3)52-39(50)48-23-30(34(43)24-48)21-44-36(29-16-18-46(19-17-29)38(49)51-26-28-12-8-5-9-13-28)37-45-35(32-20-31(41)14-15-33(32)42)25-47(37)22-27-10-6-4-7-11-27/h4-15,20,25,29-30,34,36,44H,16-19,21-24,26H2,1-3H3/t30-,34+,36-/m1/s1. The third kappa shape index (κ3) is 9.33. The first-order chi connectivity index (χ1) is 24.9. The zero-order chi connectivity index (χ0) is 36.8. The van der Waals surface area contributed by atoms with Crippen molar-refractivity contribution in [3.8, 4) is 11.3 Å². The van der Waals surface area contributed by atoms with Gasteiger partial charge in [0.25, 0.3) is 0 Å². The predicted octanol–water partition coefficient (Wildman–Crippen LogP) is 7.76. The molecular weight excluding hydrogens is 671 g/mol. The minimum absolute atomic E-state index is 0.0374. The van der Waals surface area contributed by atoms with Gasteiger partial charge in [0, 0.05) is 50.4 Å². The van der Waals surface area contributed by atoms with E-state index in [0.717, 1.165) is 29.3 Å². The number of rotatable bonds is 10. The van der Waals surface area contributed by atoms with Gasteiger partial charge in [-0.15, -0.1) is 0 Å². The van der Waals surface area contributed by atoms with Crippen molar-refractivity contribution < 1.29 is 32.2 Å². The summed E-state index contributed by atoms with van der Waals surface area (Å²) in [6, 6.07) is 22.1. The molecule has 3 heterocycles. The van der Waals surface area contributed by atoms with Crippen LogP contribution >= 0.6 is 0 Å². The second kappa shape index (κ2) is 16.2. The van der Waals surface area contributed by atoms with Crippen LogP contribution in [-0.4, -0.2) is 76.0 Å². The smallest absolute Gasteiger partial charge is 0.410 e. The van der Waals surface area contributed by atoms with Crippen molar-refractivity contribution in [3.63, 3.8) is 0 Å². The maximum absolute atomic E-state index is 15.5. The number of imidazole rings is 1. The average Bonchev–Trinajstić information content (AvgIpc) is 3.71. The van der Waals surface area contributed by atoms with Gasteiger partial charge in [0.2, 0.25) is 0 Å². The van der Waals surface area contributed by atoms with E-state index < -0.39 is 47.6 Å². The SMILES string of the molecule is CC(C)(C)OC(=O)N1C[C@@H](CN[C@@H](c2nc(-c3cc(F)ccc3F)cn2Cc2ccccc2)C2CCN(C(=O)OCc3ccccc3)CC2)[C@@H](F)C1. The lowest BCUT2D eigenvalue weighted by molar-refractivity contribution is 0.0280. The fourth-order valence-electron chi connectivity index (χ4n) is 6.88. The second-order valence-corrected chi connectivity index (χ2v) is 14.6. The Morgan fingerprint density at radius 2 is 1.58 bits per heavy atom. The molecule has 2 fully saturated rings. The number of carbonyl (C=O) groups excluding carboxylic acids is 2. The summed E-state index contributed by atoms with van der Waals surface area (Å²) in [4.78, 5) is 33.8. The van der Waals surface area contributed by atoms with Crippen LogP contribution in [0.25, 0.3) is 11.3 Å². The molecule has 2 aliphatic rings. The number of piperidine rings is 1. The summed E-state index contributed by atoms with van der Waals surface area (Å²) in [6.07, 6.45) is 0.683.